The van der Waals surface area contributed by atoms with Crippen molar-refractivity contribution >= 4 is 0 Å². The van der Waals surface area contributed by atoms with E-state index in [1.807, 2.05) is 6.07 Å². The van der Waals surface area contributed by atoms with Gasteiger partial charge in [0.2, 0.25) is 0 Å². The first-order valence-corrected chi connectivity index (χ1v) is 9.01. The summed E-state index contributed by atoms with van der Waals surface area (Å²) >= 11 is 0. The maximum absolute atomic E-state index is 6.01. The van der Waals surface area contributed by atoms with E-state index in [1.54, 1.807) is 0 Å². The summed E-state index contributed by atoms with van der Waals surface area (Å²) in [7, 11) is 2.15. The van der Waals surface area contributed by atoms with Gasteiger partial charge in [0.25, 0.3) is 0 Å². The van der Waals surface area contributed by atoms with Gasteiger partial charge in [0.15, 0.2) is 0 Å². The van der Waals surface area contributed by atoms with Gasteiger partial charge in [-0.3, -0.25) is 4.90 Å². The summed E-state index contributed by atoms with van der Waals surface area (Å²) in [5.41, 5.74) is 7.26. The van der Waals surface area contributed by atoms with Crippen molar-refractivity contribution in [3.05, 3.63) is 29.8 Å². The van der Waals surface area contributed by atoms with Crippen molar-refractivity contribution in [2.75, 3.05) is 46.4 Å². The molecule has 0 heterocycles. The average Bonchev–Trinajstić information content (AvgIpc) is 2.58. The summed E-state index contributed by atoms with van der Waals surface area (Å²) in [6.07, 6.45) is 2.41. The van der Waals surface area contributed by atoms with Crippen molar-refractivity contribution in [1.82, 2.24) is 9.80 Å². The summed E-state index contributed by atoms with van der Waals surface area (Å²) < 4.78 is 5.94. The molecule has 0 saturated heterocycles. The van der Waals surface area contributed by atoms with Gasteiger partial charge in [-0.1, -0.05) is 39.3 Å². The Morgan fingerprint density at radius 3 is 2.48 bits per heavy atom. The highest BCUT2D eigenvalue weighted by molar-refractivity contribution is 5.30. The fourth-order valence-corrected chi connectivity index (χ4v) is 2.78. The van der Waals surface area contributed by atoms with E-state index < -0.39 is 0 Å². The Balaban J connectivity index is 2.63. The van der Waals surface area contributed by atoms with Crippen LogP contribution >= 0.6 is 0 Å². The minimum absolute atomic E-state index is 0.257. The average molecular weight is 322 g/mol. The molecule has 1 atom stereocenters. The number of likely N-dealkylation sites (N-methyl/N-ethyl adjacent to an activating group) is 2. The number of benzene rings is 1. The fourth-order valence-electron chi connectivity index (χ4n) is 2.78. The number of unbranched alkanes of at least 4 members (excludes halogenated alkanes) is 1. The Bertz CT molecular complexity index is 421. The highest BCUT2D eigenvalue weighted by atomic mass is 16.5. The van der Waals surface area contributed by atoms with Crippen molar-refractivity contribution in [2.24, 2.45) is 5.73 Å². The van der Waals surface area contributed by atoms with E-state index in [1.165, 1.54) is 18.4 Å². The molecule has 0 fully saturated rings. The van der Waals surface area contributed by atoms with Crippen LogP contribution in [0, 0.1) is 0 Å². The molecule has 0 aliphatic carbocycles. The highest BCUT2D eigenvalue weighted by Crippen LogP contribution is 2.23. The van der Waals surface area contributed by atoms with Crippen LogP contribution in [-0.4, -0.2) is 56.2 Å². The van der Waals surface area contributed by atoms with Crippen LogP contribution in [0.5, 0.6) is 5.75 Å². The Morgan fingerprint density at radius 2 is 1.87 bits per heavy atom. The number of ether oxygens (including phenoxy) is 1. The van der Waals surface area contributed by atoms with E-state index in [2.05, 4.69) is 55.8 Å². The number of rotatable bonds is 12. The number of nitrogens with two attached hydrogens (primary N) is 1. The van der Waals surface area contributed by atoms with Crippen LogP contribution < -0.4 is 10.5 Å². The largest absolute Gasteiger partial charge is 0.492 e. The van der Waals surface area contributed by atoms with Gasteiger partial charge in [0.05, 0.1) is 0 Å². The molecule has 1 aromatic rings. The normalized spacial score (nSPS) is 12.8. The number of hydrogen-bond donors (Lipinski definition) is 1. The topological polar surface area (TPSA) is 41.7 Å². The molecule has 0 aromatic heterocycles. The first kappa shape index (κ1) is 19.9. The first-order valence-electron chi connectivity index (χ1n) is 9.01. The molecule has 0 spiro atoms. The molecule has 1 rings (SSSR count). The molecule has 4 heteroatoms. The monoisotopic (exact) mass is 321 g/mol. The minimum Gasteiger partial charge on any atom is -0.492 e. The molecule has 132 valence electrons. The second kappa shape index (κ2) is 11.4. The highest BCUT2D eigenvalue weighted by Gasteiger charge is 2.15. The second-order valence-electron chi connectivity index (χ2n) is 6.03. The van der Waals surface area contributed by atoms with Gasteiger partial charge in [-0.25, -0.2) is 0 Å². The van der Waals surface area contributed by atoms with Gasteiger partial charge in [0, 0.05) is 19.1 Å². The number of hydrogen-bond acceptors (Lipinski definition) is 4. The molecular formula is C19H35N3O. The Labute approximate surface area is 142 Å². The Kier molecular flexibility index (Phi) is 9.92. The molecule has 0 amide bonds. The maximum Gasteiger partial charge on any atom is 0.119 e. The summed E-state index contributed by atoms with van der Waals surface area (Å²) in [5, 5.41) is 0. The zero-order chi connectivity index (χ0) is 17.1. The summed E-state index contributed by atoms with van der Waals surface area (Å²) in [6.45, 7) is 12.1. The lowest BCUT2D eigenvalue weighted by atomic mass is 10.1. The molecule has 0 aliphatic rings. The first-order chi connectivity index (χ1) is 11.2. The van der Waals surface area contributed by atoms with E-state index >= 15 is 0 Å². The third-order valence-electron chi connectivity index (χ3n) is 4.43. The summed E-state index contributed by atoms with van der Waals surface area (Å²) in [4.78, 5) is 4.71. The second-order valence-corrected chi connectivity index (χ2v) is 6.03. The molecule has 23 heavy (non-hydrogen) atoms. The molecule has 0 bridgehead atoms. The van der Waals surface area contributed by atoms with E-state index in [4.69, 9.17) is 10.5 Å². The molecule has 0 aliphatic heterocycles. The van der Waals surface area contributed by atoms with Crippen LogP contribution in [0.15, 0.2) is 24.3 Å². The zero-order valence-corrected chi connectivity index (χ0v) is 15.4. The lowest BCUT2D eigenvalue weighted by molar-refractivity contribution is 0.221. The van der Waals surface area contributed by atoms with Crippen molar-refractivity contribution in [3.8, 4) is 5.75 Å². The third kappa shape index (κ3) is 6.90. The Hall–Kier alpha value is -1.10. The predicted molar refractivity (Wildman–Crippen MR) is 99.1 cm³/mol. The summed E-state index contributed by atoms with van der Waals surface area (Å²) in [6, 6.07) is 8.65. The molecule has 0 radical (unpaired) electrons. The SMILES string of the molecule is CCCCN(C)C(CN)c1cccc(OCCN(CC)CC)c1. The van der Waals surface area contributed by atoms with E-state index in [9.17, 15) is 0 Å². The maximum atomic E-state index is 6.01. The van der Waals surface area contributed by atoms with Crippen molar-refractivity contribution in [1.29, 1.82) is 0 Å². The van der Waals surface area contributed by atoms with Gasteiger partial charge in [-0.05, 0) is 50.8 Å². The van der Waals surface area contributed by atoms with Gasteiger partial charge in [-0.15, -0.1) is 0 Å². The van der Waals surface area contributed by atoms with Crippen LogP contribution in [0.2, 0.25) is 0 Å². The van der Waals surface area contributed by atoms with Crippen LogP contribution in [0.3, 0.4) is 0 Å². The van der Waals surface area contributed by atoms with E-state index in [0.29, 0.717) is 6.54 Å². The van der Waals surface area contributed by atoms with Gasteiger partial charge in [0.1, 0.15) is 12.4 Å². The molecule has 1 unspecified atom stereocenters. The molecule has 2 N–H and O–H groups in total. The van der Waals surface area contributed by atoms with Crippen molar-refractivity contribution in [2.45, 2.75) is 39.7 Å². The Morgan fingerprint density at radius 1 is 1.13 bits per heavy atom. The quantitative estimate of drug-likeness (QED) is 0.642. The molecule has 0 saturated carbocycles. The lowest BCUT2D eigenvalue weighted by Gasteiger charge is -2.27. The fraction of sp³-hybridized carbons (Fsp3) is 0.684. The third-order valence-corrected chi connectivity index (χ3v) is 4.43. The lowest BCUT2D eigenvalue weighted by Crippen LogP contribution is -2.31. The standard InChI is InChI=1S/C19H35N3O/c1-5-8-12-21(4)19(16-20)17-10-9-11-18(15-17)23-14-13-22(6-2)7-3/h9-11,15,19H,5-8,12-14,16,20H2,1-4H3. The smallest absolute Gasteiger partial charge is 0.119 e. The van der Waals surface area contributed by atoms with Crippen LogP contribution in [0.1, 0.15) is 45.2 Å². The predicted octanol–water partition coefficient (Wildman–Crippen LogP) is 3.14. The zero-order valence-electron chi connectivity index (χ0n) is 15.4. The molecular weight excluding hydrogens is 286 g/mol. The van der Waals surface area contributed by atoms with Gasteiger partial charge in [-0.2, -0.15) is 0 Å². The van der Waals surface area contributed by atoms with E-state index in [0.717, 1.165) is 38.5 Å². The number of nitrogens with zero attached hydrogens (tertiary/aromatic N) is 2. The van der Waals surface area contributed by atoms with Crippen LogP contribution in [-0.2, 0) is 0 Å². The van der Waals surface area contributed by atoms with Gasteiger partial charge >= 0.3 is 0 Å². The van der Waals surface area contributed by atoms with Gasteiger partial charge < -0.3 is 15.4 Å². The molecule has 1 aromatic carbocycles. The van der Waals surface area contributed by atoms with Crippen molar-refractivity contribution < 1.29 is 4.74 Å². The minimum atomic E-state index is 0.257. The van der Waals surface area contributed by atoms with Crippen LogP contribution in [0.4, 0.5) is 0 Å². The van der Waals surface area contributed by atoms with E-state index in [-0.39, 0.29) is 6.04 Å². The summed E-state index contributed by atoms with van der Waals surface area (Å²) in [5.74, 6) is 0.942. The van der Waals surface area contributed by atoms with Crippen LogP contribution in [0.25, 0.3) is 0 Å². The van der Waals surface area contributed by atoms with Crippen molar-refractivity contribution in [3.63, 3.8) is 0 Å². The molecule has 4 nitrogen and oxygen atoms in total.